The first kappa shape index (κ1) is 69.1. The molecule has 74 heavy (non-hydrogen) atoms. The van der Waals surface area contributed by atoms with E-state index in [1.54, 1.807) is 0 Å². The van der Waals surface area contributed by atoms with Gasteiger partial charge in [-0.2, -0.15) is 0 Å². The standard InChI is InChI=1S/C65H112O9/c1-3-5-7-9-11-13-15-17-19-21-23-25-27-29-31-33-35-37-39-41-43-45-47-49-51-53-55-71-57-59(58-72-65-64(70)63(69)62(68)60(56-66)74-65)73-61(67)54-52-50-48-46-44-42-40-38-36-34-32-30-28-26-24-22-20-18-16-14-12-10-8-6-4-2/h6,8,12,14,18,20-21,23-24,26,30,32,36,38,42,44,59-60,62-66,68-70H,3-5,7,9-11,13,15-17,19,22,25,27-29,31,33-35,37,39-41,43,45-58H2,1-2H3/b8-6-,14-12-,20-18-,23-21-,26-24-,32-30-,38-36-,44-42-. The Morgan fingerprint density at radius 2 is 0.824 bits per heavy atom. The summed E-state index contributed by atoms with van der Waals surface area (Å²) in [5.41, 5.74) is 0. The lowest BCUT2D eigenvalue weighted by atomic mass is 9.99. The average molecular weight is 1040 g/mol. The van der Waals surface area contributed by atoms with Gasteiger partial charge in [-0.15, -0.1) is 0 Å². The molecule has 9 nitrogen and oxygen atoms in total. The normalized spacial score (nSPS) is 19.2. The second-order valence-corrected chi connectivity index (χ2v) is 20.4. The molecule has 4 N–H and O–H groups in total. The lowest BCUT2D eigenvalue weighted by Crippen LogP contribution is -2.59. The van der Waals surface area contributed by atoms with Gasteiger partial charge in [0.1, 0.15) is 30.5 Å². The van der Waals surface area contributed by atoms with Crippen molar-refractivity contribution in [1.29, 1.82) is 0 Å². The number of carbonyl (C=O) groups excluding carboxylic acids is 1. The topological polar surface area (TPSA) is 135 Å². The van der Waals surface area contributed by atoms with Gasteiger partial charge in [0.2, 0.25) is 0 Å². The van der Waals surface area contributed by atoms with Crippen molar-refractivity contribution in [2.24, 2.45) is 0 Å². The minimum absolute atomic E-state index is 0.126. The molecule has 0 aromatic carbocycles. The third-order valence-electron chi connectivity index (χ3n) is 13.5. The molecule has 1 rings (SSSR count). The minimum Gasteiger partial charge on any atom is -0.457 e. The number of aliphatic hydroxyl groups excluding tert-OH is 4. The van der Waals surface area contributed by atoms with Crippen molar-refractivity contribution in [2.45, 2.75) is 282 Å². The summed E-state index contributed by atoms with van der Waals surface area (Å²) in [5, 5.41) is 40.4. The van der Waals surface area contributed by atoms with E-state index in [2.05, 4.69) is 111 Å². The van der Waals surface area contributed by atoms with E-state index >= 15 is 0 Å². The van der Waals surface area contributed by atoms with E-state index in [9.17, 15) is 25.2 Å². The number of unbranched alkanes of at least 4 members (excludes halogenated alkanes) is 25. The fourth-order valence-electron chi connectivity index (χ4n) is 8.82. The number of rotatable bonds is 52. The first-order chi connectivity index (χ1) is 36.4. The highest BCUT2D eigenvalue weighted by atomic mass is 16.7. The smallest absolute Gasteiger partial charge is 0.306 e. The highest BCUT2D eigenvalue weighted by Gasteiger charge is 2.44. The number of hydrogen-bond donors (Lipinski definition) is 4. The molecule has 6 atom stereocenters. The molecule has 0 spiro atoms. The number of hydrogen-bond acceptors (Lipinski definition) is 9. The van der Waals surface area contributed by atoms with Crippen molar-refractivity contribution in [3.63, 3.8) is 0 Å². The molecule has 6 unspecified atom stereocenters. The van der Waals surface area contributed by atoms with Crippen LogP contribution in [0.2, 0.25) is 0 Å². The Morgan fingerprint density at radius 3 is 1.26 bits per heavy atom. The summed E-state index contributed by atoms with van der Waals surface area (Å²) in [6, 6.07) is 0. The summed E-state index contributed by atoms with van der Waals surface area (Å²) in [6.07, 6.45) is 70.3. The van der Waals surface area contributed by atoms with Gasteiger partial charge in [-0.05, 0) is 96.3 Å². The van der Waals surface area contributed by atoms with Gasteiger partial charge in [-0.25, -0.2) is 0 Å². The van der Waals surface area contributed by atoms with E-state index in [4.69, 9.17) is 18.9 Å². The lowest BCUT2D eigenvalue weighted by molar-refractivity contribution is -0.305. The molecule has 0 bridgehead atoms. The third-order valence-corrected chi connectivity index (χ3v) is 13.5. The summed E-state index contributed by atoms with van der Waals surface area (Å²) >= 11 is 0. The van der Waals surface area contributed by atoms with Crippen LogP contribution in [0.15, 0.2) is 97.2 Å². The summed E-state index contributed by atoms with van der Waals surface area (Å²) in [4.78, 5) is 12.9. The molecular formula is C65H112O9. The van der Waals surface area contributed by atoms with E-state index in [1.807, 2.05) is 0 Å². The fraction of sp³-hybridized carbons (Fsp3) is 0.738. The Bertz CT molecular complexity index is 1460. The third kappa shape index (κ3) is 44.3. The van der Waals surface area contributed by atoms with Gasteiger partial charge in [0.05, 0.1) is 19.8 Å². The van der Waals surface area contributed by atoms with Crippen LogP contribution in [-0.2, 0) is 23.7 Å². The number of carbonyl (C=O) groups is 1. The molecule has 1 saturated heterocycles. The SMILES string of the molecule is CC/C=C\C/C=C\C/C=C\C/C=C\C/C=C\C/C=C\C/C=C\CCCCCC(=O)OC(COCCCCCCCCCCCCCCCC/C=C\CCCCCCCCCC)COC1OC(CO)C(O)C(O)C1O. The predicted molar refractivity (Wildman–Crippen MR) is 311 cm³/mol. The van der Waals surface area contributed by atoms with Crippen LogP contribution < -0.4 is 0 Å². The van der Waals surface area contributed by atoms with Crippen molar-refractivity contribution in [3.05, 3.63) is 97.2 Å². The van der Waals surface area contributed by atoms with Gasteiger partial charge >= 0.3 is 5.97 Å². The zero-order valence-corrected chi connectivity index (χ0v) is 47.3. The van der Waals surface area contributed by atoms with Crippen LogP contribution in [-0.4, -0.2) is 89.6 Å². The maximum atomic E-state index is 12.9. The van der Waals surface area contributed by atoms with Crippen LogP contribution in [0.1, 0.15) is 245 Å². The Hall–Kier alpha value is -2.89. The van der Waals surface area contributed by atoms with Gasteiger partial charge in [-0.3, -0.25) is 4.79 Å². The van der Waals surface area contributed by atoms with Crippen molar-refractivity contribution >= 4 is 5.97 Å². The number of allylic oxidation sites excluding steroid dienone is 16. The number of esters is 1. The summed E-state index contributed by atoms with van der Waals surface area (Å²) in [7, 11) is 0. The molecule has 0 aliphatic carbocycles. The second-order valence-electron chi connectivity index (χ2n) is 20.4. The van der Waals surface area contributed by atoms with E-state index in [0.29, 0.717) is 13.0 Å². The average Bonchev–Trinajstić information content (AvgIpc) is 3.40. The second kappa shape index (κ2) is 54.9. The Labute approximate surface area is 453 Å². The zero-order valence-electron chi connectivity index (χ0n) is 47.3. The van der Waals surface area contributed by atoms with Gasteiger partial charge in [-0.1, -0.05) is 239 Å². The minimum atomic E-state index is -1.55. The maximum Gasteiger partial charge on any atom is 0.306 e. The largest absolute Gasteiger partial charge is 0.457 e. The van der Waals surface area contributed by atoms with Crippen LogP contribution in [0, 0.1) is 0 Å². The Kier molecular flexibility index (Phi) is 51.3. The summed E-state index contributed by atoms with van der Waals surface area (Å²) in [6.45, 7) is 4.42. The first-order valence-corrected chi connectivity index (χ1v) is 30.3. The summed E-state index contributed by atoms with van der Waals surface area (Å²) in [5.74, 6) is -0.345. The molecule has 9 heteroatoms. The van der Waals surface area contributed by atoms with Crippen LogP contribution in [0.25, 0.3) is 0 Å². The van der Waals surface area contributed by atoms with Crippen molar-refractivity contribution in [2.75, 3.05) is 26.4 Å². The van der Waals surface area contributed by atoms with Crippen molar-refractivity contribution in [1.82, 2.24) is 0 Å². The van der Waals surface area contributed by atoms with E-state index in [-0.39, 0.29) is 25.6 Å². The van der Waals surface area contributed by atoms with Gasteiger partial charge < -0.3 is 39.4 Å². The molecule has 0 aromatic heterocycles. The van der Waals surface area contributed by atoms with Crippen LogP contribution in [0.5, 0.6) is 0 Å². The molecular weight excluding hydrogens is 925 g/mol. The van der Waals surface area contributed by atoms with Gasteiger partial charge in [0.25, 0.3) is 0 Å². The number of ether oxygens (including phenoxy) is 4. The monoisotopic (exact) mass is 1040 g/mol. The van der Waals surface area contributed by atoms with E-state index < -0.39 is 43.4 Å². The molecule has 1 aliphatic rings. The number of aliphatic hydroxyl groups is 4. The van der Waals surface area contributed by atoms with Crippen molar-refractivity contribution in [3.8, 4) is 0 Å². The zero-order chi connectivity index (χ0) is 53.5. The fourth-order valence-corrected chi connectivity index (χ4v) is 8.82. The molecule has 0 aromatic rings. The van der Waals surface area contributed by atoms with E-state index in [1.165, 1.54) is 141 Å². The Balaban J connectivity index is 2.18. The van der Waals surface area contributed by atoms with Crippen LogP contribution in [0.4, 0.5) is 0 Å². The predicted octanol–water partition coefficient (Wildman–Crippen LogP) is 16.3. The molecule has 0 saturated carbocycles. The summed E-state index contributed by atoms with van der Waals surface area (Å²) < 4.78 is 23.0. The molecule has 1 aliphatic heterocycles. The van der Waals surface area contributed by atoms with Crippen molar-refractivity contribution < 1.29 is 44.2 Å². The molecule has 1 fully saturated rings. The van der Waals surface area contributed by atoms with Gasteiger partial charge in [0.15, 0.2) is 6.29 Å². The maximum absolute atomic E-state index is 12.9. The highest BCUT2D eigenvalue weighted by molar-refractivity contribution is 5.69. The lowest BCUT2D eigenvalue weighted by Gasteiger charge is -2.39. The molecule has 0 radical (unpaired) electrons. The first-order valence-electron chi connectivity index (χ1n) is 30.3. The van der Waals surface area contributed by atoms with Gasteiger partial charge in [0, 0.05) is 13.0 Å². The highest BCUT2D eigenvalue weighted by Crippen LogP contribution is 2.23. The van der Waals surface area contributed by atoms with Crippen LogP contribution >= 0.6 is 0 Å². The molecule has 1 heterocycles. The molecule has 426 valence electrons. The van der Waals surface area contributed by atoms with E-state index in [0.717, 1.165) is 77.0 Å². The van der Waals surface area contributed by atoms with Crippen LogP contribution in [0.3, 0.4) is 0 Å². The Morgan fingerprint density at radius 1 is 0.446 bits per heavy atom. The molecule has 0 amide bonds. The quantitative estimate of drug-likeness (QED) is 0.0267.